The van der Waals surface area contributed by atoms with E-state index < -0.39 is 0 Å². The molecule has 0 spiro atoms. The van der Waals surface area contributed by atoms with Crippen molar-refractivity contribution in [1.82, 2.24) is 5.32 Å². The van der Waals surface area contributed by atoms with E-state index in [1.807, 2.05) is 24.3 Å². The Hall–Kier alpha value is -1.02. The number of amides is 1. The zero-order valence-electron chi connectivity index (χ0n) is 8.72. The van der Waals surface area contributed by atoms with Gasteiger partial charge in [0.05, 0.1) is 0 Å². The van der Waals surface area contributed by atoms with Gasteiger partial charge in [0.1, 0.15) is 0 Å². The molecule has 1 saturated heterocycles. The van der Waals surface area contributed by atoms with Crippen LogP contribution in [0.15, 0.2) is 24.3 Å². The van der Waals surface area contributed by atoms with Crippen molar-refractivity contribution in [2.75, 3.05) is 6.54 Å². The quantitative estimate of drug-likeness (QED) is 0.820. The van der Waals surface area contributed by atoms with Gasteiger partial charge in [0, 0.05) is 18.0 Å². The molecule has 3 heteroatoms. The molecule has 1 amide bonds. The number of carbonyl (C=O) groups excluding carboxylic acids is 1. The summed E-state index contributed by atoms with van der Waals surface area (Å²) in [5.41, 5.74) is 1.30. The number of halogens is 1. The second kappa shape index (κ2) is 3.86. The van der Waals surface area contributed by atoms with Crippen LogP contribution < -0.4 is 5.32 Å². The van der Waals surface area contributed by atoms with Crippen molar-refractivity contribution < 1.29 is 4.79 Å². The van der Waals surface area contributed by atoms with Gasteiger partial charge in [-0.15, -0.1) is 0 Å². The molecular weight excluding hydrogens is 210 g/mol. The van der Waals surface area contributed by atoms with Gasteiger partial charge in [-0.25, -0.2) is 0 Å². The Morgan fingerprint density at radius 1 is 1.40 bits per heavy atom. The Kier molecular flexibility index (Phi) is 2.70. The Balaban J connectivity index is 2.08. The summed E-state index contributed by atoms with van der Waals surface area (Å²) in [6.45, 7) is 2.91. The predicted octanol–water partition coefficient (Wildman–Crippen LogP) is 2.41. The highest BCUT2D eigenvalue weighted by atomic mass is 35.5. The summed E-state index contributed by atoms with van der Waals surface area (Å²) < 4.78 is 0. The topological polar surface area (TPSA) is 29.1 Å². The van der Waals surface area contributed by atoms with E-state index in [0.717, 1.165) is 18.0 Å². The molecule has 2 nitrogen and oxygen atoms in total. The van der Waals surface area contributed by atoms with Gasteiger partial charge in [-0.3, -0.25) is 4.79 Å². The molecule has 80 valence electrons. The third-order valence-corrected chi connectivity index (χ3v) is 3.10. The Bertz CT molecular complexity index is 374. The maximum Gasteiger partial charge on any atom is 0.220 e. The van der Waals surface area contributed by atoms with E-state index in [9.17, 15) is 4.79 Å². The number of nitrogens with one attached hydrogen (secondary N) is 1. The van der Waals surface area contributed by atoms with E-state index in [1.165, 1.54) is 5.56 Å². The highest BCUT2D eigenvalue weighted by Crippen LogP contribution is 2.30. The molecule has 15 heavy (non-hydrogen) atoms. The summed E-state index contributed by atoms with van der Waals surface area (Å²) in [4.78, 5) is 11.2. The molecule has 1 fully saturated rings. The third kappa shape index (κ3) is 2.51. The molecule has 1 aromatic carbocycles. The molecule has 1 heterocycles. The lowest BCUT2D eigenvalue weighted by atomic mass is 9.83. The first-order valence-electron chi connectivity index (χ1n) is 5.09. The summed E-state index contributed by atoms with van der Waals surface area (Å²) in [5, 5.41) is 3.63. The molecule has 0 aromatic heterocycles. The summed E-state index contributed by atoms with van der Waals surface area (Å²) in [6, 6.07) is 7.83. The molecule has 1 unspecified atom stereocenters. The lowest BCUT2D eigenvalue weighted by Gasteiger charge is -2.21. The molecule has 1 N–H and O–H groups in total. The molecule has 0 bridgehead atoms. The first-order valence-corrected chi connectivity index (χ1v) is 5.46. The summed E-state index contributed by atoms with van der Waals surface area (Å²) in [5.74, 6) is 0.159. The van der Waals surface area contributed by atoms with Crippen LogP contribution in [0.3, 0.4) is 0 Å². The summed E-state index contributed by atoms with van der Waals surface area (Å²) in [6.07, 6.45) is 1.54. The second-order valence-electron chi connectivity index (χ2n) is 4.57. The van der Waals surface area contributed by atoms with E-state index >= 15 is 0 Å². The molecule has 1 atom stereocenters. The van der Waals surface area contributed by atoms with Crippen molar-refractivity contribution in [3.8, 4) is 0 Å². The smallest absolute Gasteiger partial charge is 0.220 e. The van der Waals surface area contributed by atoms with Crippen LogP contribution in [-0.4, -0.2) is 12.5 Å². The molecule has 0 saturated carbocycles. The predicted molar refractivity (Wildman–Crippen MR) is 60.9 cm³/mol. The zero-order valence-corrected chi connectivity index (χ0v) is 9.47. The normalized spacial score (nSPS) is 25.3. The maximum absolute atomic E-state index is 11.2. The number of carbonyl (C=O) groups is 1. The van der Waals surface area contributed by atoms with E-state index in [1.54, 1.807) is 0 Å². The van der Waals surface area contributed by atoms with Gasteiger partial charge in [-0.1, -0.05) is 30.7 Å². The first kappa shape index (κ1) is 10.5. The van der Waals surface area contributed by atoms with Crippen LogP contribution in [-0.2, 0) is 11.2 Å². The fourth-order valence-electron chi connectivity index (χ4n) is 2.04. The van der Waals surface area contributed by atoms with Crippen molar-refractivity contribution in [2.24, 2.45) is 5.41 Å². The van der Waals surface area contributed by atoms with Crippen molar-refractivity contribution in [1.29, 1.82) is 0 Å². The molecule has 2 rings (SSSR count). The highest BCUT2D eigenvalue weighted by molar-refractivity contribution is 6.30. The lowest BCUT2D eigenvalue weighted by molar-refractivity contribution is -0.119. The molecular formula is C12H14ClNO. The lowest BCUT2D eigenvalue weighted by Crippen LogP contribution is -2.22. The van der Waals surface area contributed by atoms with Gasteiger partial charge >= 0.3 is 0 Å². The number of rotatable bonds is 2. The molecule has 1 aliphatic heterocycles. The fourth-order valence-corrected chi connectivity index (χ4v) is 2.17. The van der Waals surface area contributed by atoms with Crippen LogP contribution in [0.2, 0.25) is 5.02 Å². The molecule has 0 radical (unpaired) electrons. The first-order chi connectivity index (χ1) is 7.07. The van der Waals surface area contributed by atoms with E-state index in [4.69, 9.17) is 11.6 Å². The minimum absolute atomic E-state index is 0.0604. The van der Waals surface area contributed by atoms with E-state index in [2.05, 4.69) is 12.2 Å². The van der Waals surface area contributed by atoms with Crippen LogP contribution in [0.1, 0.15) is 18.9 Å². The van der Waals surface area contributed by atoms with Crippen molar-refractivity contribution in [3.63, 3.8) is 0 Å². The van der Waals surface area contributed by atoms with E-state index in [0.29, 0.717) is 6.42 Å². The average molecular weight is 224 g/mol. The second-order valence-corrected chi connectivity index (χ2v) is 5.00. The third-order valence-electron chi connectivity index (χ3n) is 2.84. The van der Waals surface area contributed by atoms with Crippen LogP contribution >= 0.6 is 11.6 Å². The fraction of sp³-hybridized carbons (Fsp3) is 0.417. The van der Waals surface area contributed by atoms with Crippen LogP contribution in [0.4, 0.5) is 0 Å². The van der Waals surface area contributed by atoms with Gasteiger partial charge in [0.15, 0.2) is 0 Å². The minimum Gasteiger partial charge on any atom is -0.356 e. The molecule has 0 aliphatic carbocycles. The largest absolute Gasteiger partial charge is 0.356 e. The number of hydrogen-bond acceptors (Lipinski definition) is 1. The van der Waals surface area contributed by atoms with Crippen molar-refractivity contribution in [3.05, 3.63) is 34.9 Å². The number of hydrogen-bond donors (Lipinski definition) is 1. The SMILES string of the molecule is CC1(Cc2ccc(Cl)cc2)CNC(=O)C1. The van der Waals surface area contributed by atoms with Gasteiger partial charge in [-0.05, 0) is 29.5 Å². The zero-order chi connectivity index (χ0) is 10.9. The standard InChI is InChI=1S/C12H14ClNO/c1-12(7-11(15)14-8-12)6-9-2-4-10(13)5-3-9/h2-5H,6-8H2,1H3,(H,14,15). The van der Waals surface area contributed by atoms with Gasteiger partial charge in [0.25, 0.3) is 0 Å². The highest BCUT2D eigenvalue weighted by Gasteiger charge is 2.33. The van der Waals surface area contributed by atoms with Crippen LogP contribution in [0.25, 0.3) is 0 Å². The molecule has 1 aliphatic rings. The van der Waals surface area contributed by atoms with Gasteiger partial charge in [0.2, 0.25) is 5.91 Å². The van der Waals surface area contributed by atoms with Gasteiger partial charge < -0.3 is 5.32 Å². The van der Waals surface area contributed by atoms with Gasteiger partial charge in [-0.2, -0.15) is 0 Å². The van der Waals surface area contributed by atoms with Crippen LogP contribution in [0.5, 0.6) is 0 Å². The Morgan fingerprint density at radius 2 is 2.07 bits per heavy atom. The Labute approximate surface area is 94.6 Å². The maximum atomic E-state index is 11.2. The van der Waals surface area contributed by atoms with E-state index in [-0.39, 0.29) is 11.3 Å². The summed E-state index contributed by atoms with van der Waals surface area (Å²) in [7, 11) is 0. The minimum atomic E-state index is 0.0604. The number of benzene rings is 1. The van der Waals surface area contributed by atoms with Crippen molar-refractivity contribution >= 4 is 17.5 Å². The van der Waals surface area contributed by atoms with Crippen LogP contribution in [0, 0.1) is 5.41 Å². The summed E-state index contributed by atoms with van der Waals surface area (Å²) >= 11 is 5.82. The Morgan fingerprint density at radius 3 is 2.60 bits per heavy atom. The molecule has 1 aromatic rings. The monoisotopic (exact) mass is 223 g/mol. The van der Waals surface area contributed by atoms with Crippen molar-refractivity contribution in [2.45, 2.75) is 19.8 Å². The average Bonchev–Trinajstić information content (AvgIpc) is 2.50.